The molecule has 0 aromatic heterocycles. The smallest absolute Gasteiger partial charge is 0.0627 e. The molecule has 3 heteroatoms. The molecule has 1 aromatic carbocycles. The summed E-state index contributed by atoms with van der Waals surface area (Å²) in [4.78, 5) is 0. The van der Waals surface area contributed by atoms with E-state index in [-0.39, 0.29) is 5.41 Å². The monoisotopic (exact) mass is 276 g/mol. The molecule has 0 spiro atoms. The second kappa shape index (κ2) is 6.41. The Morgan fingerprint density at radius 3 is 2.53 bits per heavy atom. The van der Waals surface area contributed by atoms with E-state index in [9.17, 15) is 0 Å². The number of hydrogen-bond acceptors (Lipinski definition) is 2. The third kappa shape index (κ3) is 4.23. The number of nitriles is 1. The first-order valence-corrected chi connectivity index (χ1v) is 7.34. The van der Waals surface area contributed by atoms with Crippen LogP contribution in [0.1, 0.15) is 44.6 Å². The van der Waals surface area contributed by atoms with Crippen molar-refractivity contribution in [2.24, 2.45) is 5.41 Å². The highest BCUT2D eigenvalue weighted by Crippen LogP contribution is 2.38. The molecule has 2 nitrogen and oxygen atoms in total. The lowest BCUT2D eigenvalue weighted by atomic mass is 9.72. The van der Waals surface area contributed by atoms with E-state index in [2.05, 4.69) is 30.4 Å². The van der Waals surface area contributed by atoms with E-state index >= 15 is 0 Å². The van der Waals surface area contributed by atoms with Gasteiger partial charge in [-0.1, -0.05) is 30.7 Å². The normalized spacial score (nSPS) is 26.9. The summed E-state index contributed by atoms with van der Waals surface area (Å²) >= 11 is 5.87. The predicted molar refractivity (Wildman–Crippen MR) is 78.9 cm³/mol. The third-order valence-electron chi connectivity index (χ3n) is 4.21. The molecule has 0 amide bonds. The molecule has 102 valence electrons. The zero-order chi connectivity index (χ0) is 13.7. The molecule has 19 heavy (non-hydrogen) atoms. The van der Waals surface area contributed by atoms with Gasteiger partial charge in [0.1, 0.15) is 0 Å². The van der Waals surface area contributed by atoms with Gasteiger partial charge in [-0.05, 0) is 48.8 Å². The fourth-order valence-corrected chi connectivity index (χ4v) is 2.88. The second-order valence-corrected chi connectivity index (χ2v) is 6.36. The van der Waals surface area contributed by atoms with Crippen molar-refractivity contribution in [1.29, 1.82) is 5.26 Å². The molecular formula is C16H21ClN2. The predicted octanol–water partition coefficient (Wildman–Crippen LogP) is 4.29. The number of nitrogens with zero attached hydrogens (tertiary/aromatic N) is 1. The van der Waals surface area contributed by atoms with Crippen molar-refractivity contribution in [3.8, 4) is 6.07 Å². The van der Waals surface area contributed by atoms with Gasteiger partial charge in [-0.15, -0.1) is 0 Å². The van der Waals surface area contributed by atoms with Gasteiger partial charge in [0.25, 0.3) is 0 Å². The van der Waals surface area contributed by atoms with E-state index in [1.54, 1.807) is 0 Å². The molecule has 1 fully saturated rings. The molecule has 0 bridgehead atoms. The van der Waals surface area contributed by atoms with Gasteiger partial charge >= 0.3 is 0 Å². The summed E-state index contributed by atoms with van der Waals surface area (Å²) < 4.78 is 0. The fraction of sp³-hybridized carbons (Fsp3) is 0.562. The second-order valence-electron chi connectivity index (χ2n) is 5.93. The van der Waals surface area contributed by atoms with Gasteiger partial charge in [-0.3, -0.25) is 0 Å². The van der Waals surface area contributed by atoms with Gasteiger partial charge in [0, 0.05) is 24.0 Å². The summed E-state index contributed by atoms with van der Waals surface area (Å²) in [5, 5.41) is 13.2. The minimum atomic E-state index is 0.243. The maximum Gasteiger partial charge on any atom is 0.0627 e. The number of rotatable bonds is 4. The number of hydrogen-bond donors (Lipinski definition) is 1. The van der Waals surface area contributed by atoms with Gasteiger partial charge in [-0.2, -0.15) is 5.26 Å². The summed E-state index contributed by atoms with van der Waals surface area (Å²) in [6, 6.07) is 10.9. The first-order chi connectivity index (χ1) is 9.11. The highest BCUT2D eigenvalue weighted by Gasteiger charge is 2.30. The number of nitrogens with one attached hydrogen (secondary N) is 1. The zero-order valence-corrected chi connectivity index (χ0v) is 12.2. The molecule has 0 radical (unpaired) electrons. The summed E-state index contributed by atoms with van der Waals surface area (Å²) in [5.74, 6) is 0. The minimum absolute atomic E-state index is 0.243. The molecule has 0 saturated heterocycles. The van der Waals surface area contributed by atoms with Crippen LogP contribution in [0.4, 0.5) is 0 Å². The highest BCUT2D eigenvalue weighted by atomic mass is 35.5. The molecule has 1 aromatic rings. The topological polar surface area (TPSA) is 35.8 Å². The van der Waals surface area contributed by atoms with Crippen molar-refractivity contribution in [1.82, 2.24) is 5.32 Å². The van der Waals surface area contributed by atoms with Crippen molar-refractivity contribution in [3.63, 3.8) is 0 Å². The molecule has 0 atom stereocenters. The Balaban J connectivity index is 1.77. The lowest BCUT2D eigenvalue weighted by Gasteiger charge is -2.36. The summed E-state index contributed by atoms with van der Waals surface area (Å²) in [6.07, 6.45) is 5.34. The van der Waals surface area contributed by atoms with E-state index in [1.165, 1.54) is 18.4 Å². The lowest BCUT2D eigenvalue weighted by Crippen LogP contribution is -2.36. The molecular weight excluding hydrogens is 256 g/mol. The maximum absolute atomic E-state index is 8.85. The van der Waals surface area contributed by atoms with Crippen LogP contribution in [-0.2, 0) is 6.54 Å². The first kappa shape index (κ1) is 14.4. The van der Waals surface area contributed by atoms with Crippen LogP contribution in [0.15, 0.2) is 24.3 Å². The van der Waals surface area contributed by atoms with Gasteiger partial charge in [-0.25, -0.2) is 0 Å². The lowest BCUT2D eigenvalue weighted by molar-refractivity contribution is 0.188. The molecule has 1 aliphatic carbocycles. The minimum Gasteiger partial charge on any atom is -0.310 e. The van der Waals surface area contributed by atoms with Crippen LogP contribution >= 0.6 is 11.6 Å². The summed E-state index contributed by atoms with van der Waals surface area (Å²) in [6.45, 7) is 3.14. The van der Waals surface area contributed by atoms with Crippen LogP contribution < -0.4 is 5.32 Å². The summed E-state index contributed by atoms with van der Waals surface area (Å²) in [7, 11) is 0. The third-order valence-corrected chi connectivity index (χ3v) is 4.46. The Hall–Kier alpha value is -1.04. The van der Waals surface area contributed by atoms with Crippen LogP contribution in [0.25, 0.3) is 0 Å². The Morgan fingerprint density at radius 1 is 1.32 bits per heavy atom. The van der Waals surface area contributed by atoms with E-state index in [0.29, 0.717) is 12.5 Å². The number of benzene rings is 1. The Labute approximate surface area is 120 Å². The van der Waals surface area contributed by atoms with Crippen molar-refractivity contribution < 1.29 is 0 Å². The van der Waals surface area contributed by atoms with Crippen molar-refractivity contribution >= 4 is 11.6 Å². The van der Waals surface area contributed by atoms with Gasteiger partial charge < -0.3 is 5.32 Å². The van der Waals surface area contributed by atoms with Crippen LogP contribution in [-0.4, -0.2) is 6.04 Å². The molecule has 2 rings (SSSR count). The zero-order valence-electron chi connectivity index (χ0n) is 11.5. The molecule has 0 heterocycles. The van der Waals surface area contributed by atoms with Crippen LogP contribution in [0.5, 0.6) is 0 Å². The molecule has 1 saturated carbocycles. The average molecular weight is 277 g/mol. The molecule has 0 unspecified atom stereocenters. The Kier molecular flexibility index (Phi) is 4.85. The molecule has 1 aliphatic rings. The highest BCUT2D eigenvalue weighted by molar-refractivity contribution is 6.30. The van der Waals surface area contributed by atoms with Gasteiger partial charge in [0.15, 0.2) is 0 Å². The van der Waals surface area contributed by atoms with Crippen LogP contribution in [0.2, 0.25) is 5.02 Å². The number of halogens is 1. The quantitative estimate of drug-likeness (QED) is 0.890. The van der Waals surface area contributed by atoms with Crippen LogP contribution in [0, 0.1) is 16.7 Å². The first-order valence-electron chi connectivity index (χ1n) is 6.96. The SMILES string of the molecule is C[C@]1(CC#N)CC[C@H](NCc2ccc(Cl)cc2)CC1. The van der Waals surface area contributed by atoms with E-state index in [1.807, 2.05) is 12.1 Å². The van der Waals surface area contributed by atoms with Crippen molar-refractivity contribution in [2.45, 2.75) is 51.6 Å². The van der Waals surface area contributed by atoms with Crippen LogP contribution in [0.3, 0.4) is 0 Å². The largest absolute Gasteiger partial charge is 0.310 e. The Bertz CT molecular complexity index is 439. The molecule has 1 N–H and O–H groups in total. The van der Waals surface area contributed by atoms with Crippen molar-refractivity contribution in [2.75, 3.05) is 0 Å². The molecule has 0 aliphatic heterocycles. The summed E-state index contributed by atoms with van der Waals surface area (Å²) in [5.41, 5.74) is 1.52. The van der Waals surface area contributed by atoms with Crippen molar-refractivity contribution in [3.05, 3.63) is 34.9 Å². The van der Waals surface area contributed by atoms with Gasteiger partial charge in [0.2, 0.25) is 0 Å². The standard InChI is InChI=1S/C16H21ClN2/c1-16(10-11-18)8-6-15(7-9-16)19-12-13-2-4-14(17)5-3-13/h2-5,15,19H,6-10,12H2,1H3/t15-,16-. The van der Waals surface area contributed by atoms with E-state index in [0.717, 1.165) is 24.4 Å². The van der Waals surface area contributed by atoms with Gasteiger partial charge in [0.05, 0.1) is 6.07 Å². The Morgan fingerprint density at radius 2 is 1.95 bits per heavy atom. The average Bonchev–Trinajstić information content (AvgIpc) is 2.40. The fourth-order valence-electron chi connectivity index (χ4n) is 2.75. The van der Waals surface area contributed by atoms with E-state index in [4.69, 9.17) is 16.9 Å². The maximum atomic E-state index is 8.85. The van der Waals surface area contributed by atoms with E-state index < -0.39 is 0 Å².